The first-order chi connectivity index (χ1) is 20.4. The van der Waals surface area contributed by atoms with Gasteiger partial charge in [-0.2, -0.15) is 0 Å². The zero-order valence-corrected chi connectivity index (χ0v) is 23.9. The molecule has 2 N–H and O–H groups in total. The molecular formula is C29H25Cl2N7O4. The topological polar surface area (TPSA) is 129 Å². The molecule has 214 valence electrons. The Bertz CT molecular complexity index is 1810. The molecule has 0 spiro atoms. The Balaban J connectivity index is 1.23. The summed E-state index contributed by atoms with van der Waals surface area (Å²) in [6.45, 7) is 0.502. The number of imidazole rings is 1. The number of benzene rings is 2. The summed E-state index contributed by atoms with van der Waals surface area (Å²) >= 11 is 12.3. The van der Waals surface area contributed by atoms with Crippen LogP contribution in [0.5, 0.6) is 0 Å². The lowest BCUT2D eigenvalue weighted by Crippen LogP contribution is -2.23. The maximum absolute atomic E-state index is 13.5. The smallest absolute Gasteiger partial charge is 0.411 e. The van der Waals surface area contributed by atoms with Gasteiger partial charge < -0.3 is 19.0 Å². The molecule has 13 heteroatoms. The lowest BCUT2D eigenvalue weighted by Gasteiger charge is -2.15. The first-order valence-corrected chi connectivity index (χ1v) is 13.9. The number of ether oxygens (including phenoxy) is 2. The second kappa shape index (κ2) is 11.8. The van der Waals surface area contributed by atoms with E-state index >= 15 is 0 Å². The Morgan fingerprint density at radius 3 is 2.69 bits per heavy atom. The van der Waals surface area contributed by atoms with Crippen molar-refractivity contribution in [3.8, 4) is 28.1 Å². The molecule has 0 radical (unpaired) electrons. The normalized spacial score (nSPS) is 14.1. The van der Waals surface area contributed by atoms with E-state index in [2.05, 4.69) is 25.6 Å². The number of nitrogens with one attached hydrogen (secondary N) is 2. The third kappa shape index (κ3) is 5.67. The molecule has 2 aromatic carbocycles. The summed E-state index contributed by atoms with van der Waals surface area (Å²) in [5.74, 6) is 0.697. The number of aromatic nitrogens is 6. The molecule has 11 nitrogen and oxygen atoms in total. The second-order valence-corrected chi connectivity index (χ2v) is 10.5. The van der Waals surface area contributed by atoms with Crippen molar-refractivity contribution < 1.29 is 14.3 Å². The average Bonchev–Trinajstić information content (AvgIpc) is 3.73. The molecule has 0 saturated heterocycles. The van der Waals surface area contributed by atoms with Crippen LogP contribution in [0.4, 0.5) is 10.5 Å². The van der Waals surface area contributed by atoms with Gasteiger partial charge in [-0.05, 0) is 60.4 Å². The molecule has 1 atom stereocenters. The van der Waals surface area contributed by atoms with Gasteiger partial charge in [-0.25, -0.2) is 14.5 Å². The molecule has 5 aromatic rings. The number of carbonyl (C=O) groups is 1. The van der Waals surface area contributed by atoms with Crippen molar-refractivity contribution in [1.82, 2.24) is 29.5 Å². The van der Waals surface area contributed by atoms with Crippen LogP contribution in [0.25, 0.3) is 28.1 Å². The van der Waals surface area contributed by atoms with E-state index in [-0.39, 0.29) is 23.4 Å². The second-order valence-electron chi connectivity index (χ2n) is 9.66. The van der Waals surface area contributed by atoms with Gasteiger partial charge >= 0.3 is 6.09 Å². The molecule has 3 aromatic heterocycles. The highest BCUT2D eigenvalue weighted by molar-refractivity contribution is 6.31. The zero-order valence-electron chi connectivity index (χ0n) is 22.4. The van der Waals surface area contributed by atoms with Gasteiger partial charge in [0.05, 0.1) is 36.4 Å². The summed E-state index contributed by atoms with van der Waals surface area (Å²) in [4.78, 5) is 33.3. The molecule has 0 aliphatic carbocycles. The first-order valence-electron chi connectivity index (χ1n) is 13.1. The Morgan fingerprint density at radius 2 is 1.93 bits per heavy atom. The zero-order chi connectivity index (χ0) is 29.2. The number of rotatable bonds is 8. The maximum atomic E-state index is 13.5. The van der Waals surface area contributed by atoms with Crippen LogP contribution in [0.3, 0.4) is 0 Å². The van der Waals surface area contributed by atoms with Gasteiger partial charge in [0.1, 0.15) is 12.4 Å². The fraction of sp³-hybridized carbons (Fsp3) is 0.207. The number of halogens is 2. The summed E-state index contributed by atoms with van der Waals surface area (Å²) in [5, 5.41) is 11.4. The number of H-pyrrole nitrogens is 1. The monoisotopic (exact) mass is 605 g/mol. The van der Waals surface area contributed by atoms with Crippen LogP contribution in [0, 0.1) is 0 Å². The summed E-state index contributed by atoms with van der Waals surface area (Å²) in [5.41, 5.74) is 5.22. The molecule has 1 aliphatic heterocycles. The number of carbonyl (C=O) groups excluding carboxylic acids is 1. The van der Waals surface area contributed by atoms with Gasteiger partial charge in [0.15, 0.2) is 5.15 Å². The molecule has 0 saturated carbocycles. The largest absolute Gasteiger partial charge is 0.447 e. The van der Waals surface area contributed by atoms with E-state index in [0.717, 1.165) is 34.5 Å². The number of aryl methyl sites for hydroxylation is 1. The molecule has 0 unspecified atom stereocenters. The number of aromatic amines is 1. The van der Waals surface area contributed by atoms with Crippen molar-refractivity contribution >= 4 is 35.0 Å². The fourth-order valence-electron chi connectivity index (χ4n) is 5.07. The van der Waals surface area contributed by atoms with Gasteiger partial charge in [-0.15, -0.1) is 5.10 Å². The van der Waals surface area contributed by atoms with Gasteiger partial charge in [0.25, 0.3) is 5.56 Å². The van der Waals surface area contributed by atoms with Crippen LogP contribution in [0.1, 0.15) is 24.0 Å². The van der Waals surface area contributed by atoms with Gasteiger partial charge in [-0.3, -0.25) is 10.1 Å². The van der Waals surface area contributed by atoms with Crippen LogP contribution in [0.15, 0.2) is 71.8 Å². The van der Waals surface area contributed by atoms with Gasteiger partial charge in [0, 0.05) is 35.1 Å². The predicted molar refractivity (Wildman–Crippen MR) is 158 cm³/mol. The summed E-state index contributed by atoms with van der Waals surface area (Å²) in [7, 11) is 1.54. The summed E-state index contributed by atoms with van der Waals surface area (Å²) in [6.07, 6.45) is 4.22. The SMILES string of the molecule is COCCOC(=O)Nc1ccc(-c2cnc([C@@H]3CCc4cc(-c5cc(Cl)ccc5-n5cc(Cl)nn5)cc(=O)n43)[nH]2)cc1. The van der Waals surface area contributed by atoms with Crippen molar-refractivity contribution in [2.75, 3.05) is 25.6 Å². The minimum absolute atomic E-state index is 0.140. The van der Waals surface area contributed by atoms with Crippen LogP contribution in [-0.4, -0.2) is 55.9 Å². The van der Waals surface area contributed by atoms with E-state index in [9.17, 15) is 9.59 Å². The van der Waals surface area contributed by atoms with E-state index in [1.165, 1.54) is 7.11 Å². The van der Waals surface area contributed by atoms with Crippen molar-refractivity contribution in [2.24, 2.45) is 0 Å². The highest BCUT2D eigenvalue weighted by Crippen LogP contribution is 2.34. The van der Waals surface area contributed by atoms with Crippen molar-refractivity contribution in [2.45, 2.75) is 18.9 Å². The number of pyridine rings is 1. The first kappa shape index (κ1) is 27.7. The van der Waals surface area contributed by atoms with Crippen LogP contribution in [0.2, 0.25) is 10.2 Å². The number of amides is 1. The van der Waals surface area contributed by atoms with Gasteiger partial charge in [0.2, 0.25) is 0 Å². The number of methoxy groups -OCH3 is 1. The number of anilines is 1. The van der Waals surface area contributed by atoms with E-state index in [1.807, 2.05) is 24.3 Å². The number of hydrogen-bond acceptors (Lipinski definition) is 7. The molecular weight excluding hydrogens is 581 g/mol. The maximum Gasteiger partial charge on any atom is 0.411 e. The highest BCUT2D eigenvalue weighted by atomic mass is 35.5. The third-order valence-electron chi connectivity index (χ3n) is 6.99. The van der Waals surface area contributed by atoms with Crippen LogP contribution in [-0.2, 0) is 15.9 Å². The molecule has 0 fully saturated rings. The lowest BCUT2D eigenvalue weighted by molar-refractivity contribution is 0.107. The Kier molecular flexibility index (Phi) is 7.79. The lowest BCUT2D eigenvalue weighted by atomic mass is 10.0. The highest BCUT2D eigenvalue weighted by Gasteiger charge is 2.28. The number of fused-ring (bicyclic) bond motifs is 1. The van der Waals surface area contributed by atoms with Crippen LogP contribution < -0.4 is 10.9 Å². The molecule has 6 rings (SSSR count). The fourth-order valence-corrected chi connectivity index (χ4v) is 5.37. The van der Waals surface area contributed by atoms with Crippen molar-refractivity contribution in [1.29, 1.82) is 0 Å². The standard InChI is InChI=1S/C29H25Cl2N7O4/c1-41-10-11-42-29(40)33-20-5-2-17(3-6-20)23-15-32-28(34-23)25-9-7-21-12-18(13-27(39)38(21)25)22-14-19(30)4-8-24(22)37-16-26(31)35-36-37/h2-6,8,12-16,25H,7,9-11H2,1H3,(H,32,34)(H,33,40)/t25-/m0/s1. The Morgan fingerprint density at radius 1 is 1.10 bits per heavy atom. The molecule has 1 amide bonds. The van der Waals surface area contributed by atoms with Gasteiger partial charge in [-0.1, -0.05) is 40.5 Å². The minimum atomic E-state index is -0.550. The summed E-state index contributed by atoms with van der Waals surface area (Å²) < 4.78 is 13.2. The van der Waals surface area contributed by atoms with E-state index in [0.29, 0.717) is 35.2 Å². The van der Waals surface area contributed by atoms with E-state index < -0.39 is 6.09 Å². The molecule has 0 bridgehead atoms. The van der Waals surface area contributed by atoms with Crippen molar-refractivity contribution in [3.05, 3.63) is 99.0 Å². The molecule has 1 aliphatic rings. The predicted octanol–water partition coefficient (Wildman–Crippen LogP) is 5.52. The Labute approximate surface area is 250 Å². The molecule has 4 heterocycles. The average molecular weight is 606 g/mol. The molecule has 42 heavy (non-hydrogen) atoms. The Hall–Kier alpha value is -4.45. The van der Waals surface area contributed by atoms with Crippen LogP contribution >= 0.6 is 23.2 Å². The van der Waals surface area contributed by atoms with Crippen molar-refractivity contribution in [3.63, 3.8) is 0 Å². The number of hydrogen-bond donors (Lipinski definition) is 2. The third-order valence-corrected chi connectivity index (χ3v) is 7.40. The quantitative estimate of drug-likeness (QED) is 0.223. The van der Waals surface area contributed by atoms with E-state index in [4.69, 9.17) is 32.7 Å². The minimum Gasteiger partial charge on any atom is -0.447 e. The number of nitrogens with zero attached hydrogens (tertiary/aromatic N) is 5. The summed E-state index contributed by atoms with van der Waals surface area (Å²) in [6, 6.07) is 16.0. The van der Waals surface area contributed by atoms with E-state index in [1.54, 1.807) is 52.0 Å².